The minimum absolute atomic E-state index is 0.0767. The van der Waals surface area contributed by atoms with Crippen LogP contribution < -0.4 is 4.74 Å². The maximum Gasteiger partial charge on any atom is 0.263 e. The number of hydrogen-bond donors (Lipinski definition) is 0. The summed E-state index contributed by atoms with van der Waals surface area (Å²) < 4.78 is 31.1. The Hall–Kier alpha value is -1.76. The van der Waals surface area contributed by atoms with E-state index in [0.717, 1.165) is 5.56 Å². The van der Waals surface area contributed by atoms with Crippen LogP contribution in [0.3, 0.4) is 0 Å². The molecule has 2 aromatic rings. The Morgan fingerprint density at radius 2 is 1.86 bits per heavy atom. The van der Waals surface area contributed by atoms with Gasteiger partial charge in [0.25, 0.3) is 5.91 Å². The van der Waals surface area contributed by atoms with Gasteiger partial charge in [-0.1, -0.05) is 53.5 Å². The Morgan fingerprint density at radius 1 is 1.14 bits per heavy atom. The van der Waals surface area contributed by atoms with E-state index in [2.05, 4.69) is 0 Å². The largest absolute Gasteiger partial charge is 0.479 e. The van der Waals surface area contributed by atoms with Gasteiger partial charge in [-0.2, -0.15) is 0 Å². The van der Waals surface area contributed by atoms with Gasteiger partial charge < -0.3 is 9.64 Å². The number of amides is 1. The van der Waals surface area contributed by atoms with E-state index in [4.69, 9.17) is 27.9 Å². The third-order valence-corrected chi connectivity index (χ3v) is 7.43. The van der Waals surface area contributed by atoms with Crippen LogP contribution in [-0.4, -0.2) is 44.2 Å². The first-order chi connectivity index (χ1) is 13.3. The Kier molecular flexibility index (Phi) is 6.53. The molecule has 0 radical (unpaired) electrons. The van der Waals surface area contributed by atoms with Crippen LogP contribution in [0.2, 0.25) is 10.0 Å². The van der Waals surface area contributed by atoms with Gasteiger partial charge in [0.1, 0.15) is 5.75 Å². The fourth-order valence-corrected chi connectivity index (χ4v) is 5.52. The molecule has 0 N–H and O–H groups in total. The van der Waals surface area contributed by atoms with Crippen LogP contribution >= 0.6 is 23.2 Å². The first-order valence-corrected chi connectivity index (χ1v) is 11.4. The van der Waals surface area contributed by atoms with E-state index in [-0.39, 0.29) is 18.2 Å². The molecule has 1 saturated heterocycles. The van der Waals surface area contributed by atoms with Crippen LogP contribution in [0.1, 0.15) is 24.2 Å². The lowest BCUT2D eigenvalue weighted by Crippen LogP contribution is -2.42. The summed E-state index contributed by atoms with van der Waals surface area (Å²) in [7, 11) is -3.35. The lowest BCUT2D eigenvalue weighted by Gasteiger charge is -2.24. The number of nitrogens with zero attached hydrogens (tertiary/aromatic N) is 1. The van der Waals surface area contributed by atoms with E-state index in [0.29, 0.717) is 28.8 Å². The van der Waals surface area contributed by atoms with Gasteiger partial charge in [0.05, 0.1) is 16.0 Å². The summed E-state index contributed by atoms with van der Waals surface area (Å²) in [5.41, 5.74) is 0.758. The highest BCUT2D eigenvalue weighted by molar-refractivity contribution is 7.91. The van der Waals surface area contributed by atoms with Crippen molar-refractivity contribution in [2.24, 2.45) is 0 Å². The lowest BCUT2D eigenvalue weighted by atomic mass is 10.1. The van der Waals surface area contributed by atoms with E-state index >= 15 is 0 Å². The van der Waals surface area contributed by atoms with Crippen molar-refractivity contribution in [1.82, 2.24) is 4.90 Å². The standard InChI is InChI=1S/C20H21Cl2NO4S/c1-14(27-18-8-7-16(21)13-17(18)22)20(24)23-10-9-19(28(25,26)12-11-23)15-5-3-2-4-6-15/h2-8,13-14,19H,9-12H2,1H3/t14-,19+/m0/s1. The van der Waals surface area contributed by atoms with Crippen LogP contribution in [0.4, 0.5) is 0 Å². The van der Waals surface area contributed by atoms with Crippen LogP contribution in [0.15, 0.2) is 48.5 Å². The molecule has 0 aliphatic carbocycles. The van der Waals surface area contributed by atoms with Crippen molar-refractivity contribution in [3.63, 3.8) is 0 Å². The van der Waals surface area contributed by atoms with Crippen LogP contribution in [0.25, 0.3) is 0 Å². The second-order valence-corrected chi connectivity index (χ2v) is 9.86. The van der Waals surface area contributed by atoms with Crippen molar-refractivity contribution in [2.45, 2.75) is 24.7 Å². The molecule has 5 nitrogen and oxygen atoms in total. The van der Waals surface area contributed by atoms with Crippen molar-refractivity contribution >= 4 is 38.9 Å². The molecule has 0 bridgehead atoms. The number of rotatable bonds is 4. The predicted octanol–water partition coefficient (Wildman–Crippen LogP) is 4.15. The SMILES string of the molecule is C[C@H](Oc1ccc(Cl)cc1Cl)C(=O)N1CC[C@H](c2ccccc2)S(=O)(=O)CC1. The van der Waals surface area contributed by atoms with Gasteiger partial charge in [0, 0.05) is 18.1 Å². The van der Waals surface area contributed by atoms with E-state index in [1.54, 1.807) is 30.0 Å². The maximum atomic E-state index is 12.8. The Bertz CT molecular complexity index is 950. The minimum Gasteiger partial charge on any atom is -0.479 e. The fraction of sp³-hybridized carbons (Fsp3) is 0.350. The van der Waals surface area contributed by atoms with Gasteiger partial charge in [-0.25, -0.2) is 8.42 Å². The molecule has 8 heteroatoms. The molecule has 0 unspecified atom stereocenters. The Labute approximate surface area is 175 Å². The lowest BCUT2D eigenvalue weighted by molar-refractivity contribution is -0.137. The second kappa shape index (κ2) is 8.72. The van der Waals surface area contributed by atoms with Crippen LogP contribution in [0, 0.1) is 0 Å². The molecule has 150 valence electrons. The van der Waals surface area contributed by atoms with Gasteiger partial charge in [-0.15, -0.1) is 0 Å². The topological polar surface area (TPSA) is 63.7 Å². The molecule has 0 saturated carbocycles. The second-order valence-electron chi connectivity index (χ2n) is 6.72. The molecule has 1 heterocycles. The van der Waals surface area contributed by atoms with Gasteiger partial charge >= 0.3 is 0 Å². The van der Waals surface area contributed by atoms with Crippen LogP contribution in [-0.2, 0) is 14.6 Å². The highest BCUT2D eigenvalue weighted by Gasteiger charge is 2.34. The van der Waals surface area contributed by atoms with E-state index in [1.807, 2.05) is 30.3 Å². The Balaban J connectivity index is 1.71. The third kappa shape index (κ3) is 4.80. The molecule has 1 aliphatic heterocycles. The van der Waals surface area contributed by atoms with Gasteiger partial charge in [0.15, 0.2) is 15.9 Å². The molecular weight excluding hydrogens is 421 g/mol. The fourth-order valence-electron chi connectivity index (χ4n) is 3.27. The first-order valence-electron chi connectivity index (χ1n) is 8.95. The highest BCUT2D eigenvalue weighted by atomic mass is 35.5. The molecule has 0 aromatic heterocycles. The Morgan fingerprint density at radius 3 is 2.54 bits per heavy atom. The zero-order chi connectivity index (χ0) is 20.3. The number of sulfone groups is 1. The average molecular weight is 442 g/mol. The molecule has 0 spiro atoms. The quantitative estimate of drug-likeness (QED) is 0.714. The zero-order valence-corrected chi connectivity index (χ0v) is 17.7. The normalized spacial score (nSPS) is 20.2. The highest BCUT2D eigenvalue weighted by Crippen LogP contribution is 2.31. The molecule has 2 aromatic carbocycles. The van der Waals surface area contributed by atoms with E-state index < -0.39 is 21.2 Å². The average Bonchev–Trinajstić information content (AvgIpc) is 2.82. The first kappa shape index (κ1) is 21.0. The van der Waals surface area contributed by atoms with Gasteiger partial charge in [0.2, 0.25) is 0 Å². The van der Waals surface area contributed by atoms with Crippen molar-refractivity contribution in [2.75, 3.05) is 18.8 Å². The van der Waals surface area contributed by atoms with Crippen molar-refractivity contribution in [1.29, 1.82) is 0 Å². The summed E-state index contributed by atoms with van der Waals surface area (Å²) in [5, 5.41) is 0.184. The summed E-state index contributed by atoms with van der Waals surface area (Å²) >= 11 is 12.0. The van der Waals surface area contributed by atoms with Gasteiger partial charge in [-0.05, 0) is 37.1 Å². The number of halogens is 2. The van der Waals surface area contributed by atoms with Gasteiger partial charge in [-0.3, -0.25) is 4.79 Å². The number of carbonyl (C=O) groups is 1. The minimum atomic E-state index is -3.35. The molecule has 28 heavy (non-hydrogen) atoms. The van der Waals surface area contributed by atoms with E-state index in [1.165, 1.54) is 0 Å². The number of hydrogen-bond acceptors (Lipinski definition) is 4. The summed E-state index contributed by atoms with van der Waals surface area (Å²) in [6, 6.07) is 13.9. The summed E-state index contributed by atoms with van der Waals surface area (Å²) in [4.78, 5) is 14.4. The molecule has 2 atom stereocenters. The maximum absolute atomic E-state index is 12.8. The number of ether oxygens (including phenoxy) is 1. The molecule has 1 aliphatic rings. The van der Waals surface area contributed by atoms with E-state index in [9.17, 15) is 13.2 Å². The van der Waals surface area contributed by atoms with Crippen molar-refractivity contribution < 1.29 is 17.9 Å². The predicted molar refractivity (Wildman–Crippen MR) is 111 cm³/mol. The molecule has 1 fully saturated rings. The monoisotopic (exact) mass is 441 g/mol. The molecule has 3 rings (SSSR count). The summed E-state index contributed by atoms with van der Waals surface area (Å²) in [6.45, 7) is 2.12. The smallest absolute Gasteiger partial charge is 0.263 e. The van der Waals surface area contributed by atoms with Crippen molar-refractivity contribution in [3.05, 3.63) is 64.1 Å². The molecule has 1 amide bonds. The van der Waals surface area contributed by atoms with Crippen molar-refractivity contribution in [3.8, 4) is 5.75 Å². The number of benzene rings is 2. The van der Waals surface area contributed by atoms with Crippen LogP contribution in [0.5, 0.6) is 5.75 Å². The summed E-state index contributed by atoms with van der Waals surface area (Å²) in [6.07, 6.45) is -0.443. The summed E-state index contributed by atoms with van der Waals surface area (Å²) in [5.74, 6) is 0.0126. The molecular formula is C20H21Cl2NO4S. The number of carbonyl (C=O) groups excluding carboxylic acids is 1. The zero-order valence-electron chi connectivity index (χ0n) is 15.3. The third-order valence-electron chi connectivity index (χ3n) is 4.77.